The molecule has 0 aliphatic carbocycles. The fourth-order valence-corrected chi connectivity index (χ4v) is 4.44. The second-order valence-corrected chi connectivity index (χ2v) is 8.18. The van der Waals surface area contributed by atoms with Gasteiger partial charge in [-0.25, -0.2) is 9.80 Å². The van der Waals surface area contributed by atoms with E-state index < -0.39 is 23.6 Å². The Balaban J connectivity index is 1.54. The lowest BCUT2D eigenvalue weighted by atomic mass is 10.0. The summed E-state index contributed by atoms with van der Waals surface area (Å²) in [7, 11) is 0. The van der Waals surface area contributed by atoms with Crippen molar-refractivity contribution in [3.05, 3.63) is 107 Å². The smallest absolute Gasteiger partial charge is 0.266 e. The predicted molar refractivity (Wildman–Crippen MR) is 130 cm³/mol. The highest BCUT2D eigenvalue weighted by atomic mass is 16.2. The van der Waals surface area contributed by atoms with Crippen LogP contribution in [0.4, 0.5) is 11.4 Å². The molecule has 0 radical (unpaired) electrons. The molecule has 0 aromatic heterocycles. The van der Waals surface area contributed by atoms with Crippen LogP contribution in [0.5, 0.6) is 0 Å². The number of aryl methyl sites for hydroxylation is 1. The van der Waals surface area contributed by atoms with Crippen molar-refractivity contribution in [1.82, 2.24) is 0 Å². The SMILES string of the molecule is Cc1ccc(N2C(=O)C=C(c3ccccc3)C2=O)c(C)c1N1C(=O)C=C(c2ccccc2)C1=O. The fraction of sp³-hybridized carbons (Fsp3) is 0.0714. The van der Waals surface area contributed by atoms with Crippen LogP contribution in [0.15, 0.2) is 84.9 Å². The van der Waals surface area contributed by atoms with Crippen molar-refractivity contribution < 1.29 is 19.2 Å². The Kier molecular flexibility index (Phi) is 5.06. The molecule has 0 saturated heterocycles. The van der Waals surface area contributed by atoms with E-state index in [0.29, 0.717) is 44.8 Å². The van der Waals surface area contributed by atoms with E-state index in [0.717, 1.165) is 9.80 Å². The number of amides is 4. The third kappa shape index (κ3) is 3.28. The van der Waals surface area contributed by atoms with Gasteiger partial charge in [0.25, 0.3) is 23.6 Å². The highest BCUT2D eigenvalue weighted by molar-refractivity contribution is 6.45. The van der Waals surface area contributed by atoms with Gasteiger partial charge in [-0.15, -0.1) is 0 Å². The van der Waals surface area contributed by atoms with Crippen LogP contribution in [0.25, 0.3) is 11.1 Å². The van der Waals surface area contributed by atoms with Crippen LogP contribution >= 0.6 is 0 Å². The largest absolute Gasteiger partial charge is 0.269 e. The van der Waals surface area contributed by atoms with Gasteiger partial charge in [0.05, 0.1) is 22.5 Å². The molecular weight excluding hydrogens is 428 g/mol. The molecule has 2 heterocycles. The molecule has 0 fully saturated rings. The van der Waals surface area contributed by atoms with E-state index in [-0.39, 0.29) is 0 Å². The number of rotatable bonds is 4. The molecule has 0 unspecified atom stereocenters. The molecule has 166 valence electrons. The Morgan fingerprint density at radius 1 is 0.559 bits per heavy atom. The molecule has 6 nitrogen and oxygen atoms in total. The van der Waals surface area contributed by atoms with Gasteiger partial charge in [0.2, 0.25) is 0 Å². The van der Waals surface area contributed by atoms with E-state index in [1.54, 1.807) is 74.5 Å². The first kappa shape index (κ1) is 21.3. The number of anilines is 2. The minimum atomic E-state index is -0.469. The number of hydrogen-bond donors (Lipinski definition) is 0. The molecule has 0 N–H and O–H groups in total. The summed E-state index contributed by atoms with van der Waals surface area (Å²) in [5, 5.41) is 0. The van der Waals surface area contributed by atoms with Crippen molar-refractivity contribution >= 4 is 46.1 Å². The first-order valence-electron chi connectivity index (χ1n) is 10.8. The molecule has 3 aromatic carbocycles. The van der Waals surface area contributed by atoms with Crippen LogP contribution in [-0.4, -0.2) is 23.6 Å². The average Bonchev–Trinajstić information content (AvgIpc) is 3.30. The first-order chi connectivity index (χ1) is 16.4. The van der Waals surface area contributed by atoms with E-state index in [1.807, 2.05) is 12.1 Å². The normalized spacial score (nSPS) is 15.8. The third-order valence-electron chi connectivity index (χ3n) is 6.08. The second kappa shape index (κ2) is 8.08. The maximum Gasteiger partial charge on any atom is 0.266 e. The summed E-state index contributed by atoms with van der Waals surface area (Å²) in [6, 6.07) is 21.3. The minimum absolute atomic E-state index is 0.300. The number of hydrogen-bond acceptors (Lipinski definition) is 4. The van der Waals surface area contributed by atoms with Crippen molar-refractivity contribution in [2.75, 3.05) is 9.80 Å². The molecular formula is C28H20N2O4. The van der Waals surface area contributed by atoms with Gasteiger partial charge in [-0.3, -0.25) is 19.2 Å². The summed E-state index contributed by atoms with van der Waals surface area (Å²) in [6.45, 7) is 3.49. The van der Waals surface area contributed by atoms with Gasteiger partial charge < -0.3 is 0 Å². The maximum absolute atomic E-state index is 13.3. The Morgan fingerprint density at radius 3 is 1.56 bits per heavy atom. The average molecular weight is 448 g/mol. The maximum atomic E-state index is 13.3. The molecule has 0 atom stereocenters. The number of carbonyl (C=O) groups excluding carboxylic acids is 4. The zero-order valence-corrected chi connectivity index (χ0v) is 18.6. The van der Waals surface area contributed by atoms with Crippen molar-refractivity contribution in [2.45, 2.75) is 13.8 Å². The third-order valence-corrected chi connectivity index (χ3v) is 6.08. The van der Waals surface area contributed by atoms with Crippen LogP contribution in [-0.2, 0) is 19.2 Å². The van der Waals surface area contributed by atoms with Gasteiger partial charge in [0.15, 0.2) is 0 Å². The van der Waals surface area contributed by atoms with E-state index in [9.17, 15) is 19.2 Å². The molecule has 0 bridgehead atoms. The molecule has 2 aliphatic rings. The van der Waals surface area contributed by atoms with Crippen LogP contribution in [0, 0.1) is 13.8 Å². The summed E-state index contributed by atoms with van der Waals surface area (Å²) in [4.78, 5) is 54.6. The van der Waals surface area contributed by atoms with Crippen molar-refractivity contribution in [3.8, 4) is 0 Å². The number of carbonyl (C=O) groups is 4. The zero-order valence-electron chi connectivity index (χ0n) is 18.6. The molecule has 6 heteroatoms. The van der Waals surface area contributed by atoms with Crippen molar-refractivity contribution in [2.24, 2.45) is 0 Å². The molecule has 2 aliphatic heterocycles. The van der Waals surface area contributed by atoms with E-state index >= 15 is 0 Å². The van der Waals surface area contributed by atoms with Crippen LogP contribution in [0.2, 0.25) is 0 Å². The summed E-state index contributed by atoms with van der Waals surface area (Å²) in [5.41, 5.74) is 3.79. The van der Waals surface area contributed by atoms with Gasteiger partial charge >= 0.3 is 0 Å². The second-order valence-electron chi connectivity index (χ2n) is 8.18. The summed E-state index contributed by atoms with van der Waals surface area (Å²) in [6.07, 6.45) is 2.64. The summed E-state index contributed by atoms with van der Waals surface area (Å²) in [5.74, 6) is -1.82. The topological polar surface area (TPSA) is 74.8 Å². The monoisotopic (exact) mass is 448 g/mol. The molecule has 0 spiro atoms. The van der Waals surface area contributed by atoms with Gasteiger partial charge in [0, 0.05) is 12.2 Å². The van der Waals surface area contributed by atoms with E-state index in [4.69, 9.17) is 0 Å². The molecule has 34 heavy (non-hydrogen) atoms. The Hall–Kier alpha value is -4.58. The number of benzene rings is 3. The summed E-state index contributed by atoms with van der Waals surface area (Å²) >= 11 is 0. The van der Waals surface area contributed by atoms with Gasteiger partial charge in [-0.2, -0.15) is 0 Å². The lowest BCUT2D eigenvalue weighted by molar-refractivity contribution is -0.121. The van der Waals surface area contributed by atoms with Gasteiger partial charge in [0.1, 0.15) is 0 Å². The predicted octanol–water partition coefficient (Wildman–Crippen LogP) is 4.22. The lowest BCUT2D eigenvalue weighted by Gasteiger charge is -2.25. The Labute approximate surface area is 196 Å². The highest BCUT2D eigenvalue weighted by Gasteiger charge is 2.38. The zero-order chi connectivity index (χ0) is 24.0. The van der Waals surface area contributed by atoms with Crippen LogP contribution < -0.4 is 9.80 Å². The molecule has 5 rings (SSSR count). The van der Waals surface area contributed by atoms with Crippen LogP contribution in [0.3, 0.4) is 0 Å². The van der Waals surface area contributed by atoms with E-state index in [2.05, 4.69) is 0 Å². The number of nitrogens with zero attached hydrogens (tertiary/aromatic N) is 2. The Morgan fingerprint density at radius 2 is 1.03 bits per heavy atom. The van der Waals surface area contributed by atoms with Crippen molar-refractivity contribution in [3.63, 3.8) is 0 Å². The first-order valence-corrected chi connectivity index (χ1v) is 10.8. The minimum Gasteiger partial charge on any atom is -0.269 e. The summed E-state index contributed by atoms with van der Waals surface area (Å²) < 4.78 is 0. The van der Waals surface area contributed by atoms with Gasteiger partial charge in [-0.1, -0.05) is 66.7 Å². The van der Waals surface area contributed by atoms with E-state index in [1.165, 1.54) is 12.2 Å². The highest BCUT2D eigenvalue weighted by Crippen LogP contribution is 2.39. The molecule has 0 saturated carbocycles. The quantitative estimate of drug-likeness (QED) is 0.560. The molecule has 3 aromatic rings. The van der Waals surface area contributed by atoms with Crippen molar-refractivity contribution in [1.29, 1.82) is 0 Å². The Bertz CT molecular complexity index is 1440. The number of imide groups is 2. The standard InChI is InChI=1S/C28H20N2O4/c1-17-13-14-23(29-24(31)15-21(27(29)33)19-9-5-3-6-10-19)18(2)26(17)30-25(32)16-22(28(30)34)20-11-7-4-8-12-20/h3-16H,1-2H3. The fourth-order valence-electron chi connectivity index (χ4n) is 4.44. The lowest BCUT2D eigenvalue weighted by Crippen LogP contribution is -2.34. The van der Waals surface area contributed by atoms with Crippen LogP contribution in [0.1, 0.15) is 22.3 Å². The molecule has 4 amide bonds. The van der Waals surface area contributed by atoms with Gasteiger partial charge in [-0.05, 0) is 42.2 Å².